The minimum atomic E-state index is -0.413. The lowest BCUT2D eigenvalue weighted by molar-refractivity contribution is -0.138. The first-order valence-corrected chi connectivity index (χ1v) is 6.48. The first-order chi connectivity index (χ1) is 8.61. The van der Waals surface area contributed by atoms with Crippen LogP contribution in [0, 0.1) is 0 Å². The van der Waals surface area contributed by atoms with Gasteiger partial charge in [-0.05, 0) is 12.8 Å². The van der Waals surface area contributed by atoms with Crippen LogP contribution in [0.2, 0.25) is 0 Å². The van der Waals surface area contributed by atoms with Crippen molar-refractivity contribution in [1.82, 2.24) is 15.5 Å². The fourth-order valence-corrected chi connectivity index (χ4v) is 2.43. The van der Waals surface area contributed by atoms with E-state index in [2.05, 4.69) is 10.6 Å². The van der Waals surface area contributed by atoms with Gasteiger partial charge in [-0.3, -0.25) is 19.3 Å². The molecular weight excluding hydrogens is 234 g/mol. The lowest BCUT2D eigenvalue weighted by Crippen LogP contribution is -2.51. The zero-order valence-corrected chi connectivity index (χ0v) is 10.6. The molecule has 100 valence electrons. The molecule has 18 heavy (non-hydrogen) atoms. The maximum atomic E-state index is 12.0. The highest BCUT2D eigenvalue weighted by atomic mass is 16.2. The van der Waals surface area contributed by atoms with Gasteiger partial charge in [0.25, 0.3) is 0 Å². The van der Waals surface area contributed by atoms with Crippen LogP contribution in [0.3, 0.4) is 0 Å². The maximum Gasteiger partial charge on any atom is 0.246 e. The van der Waals surface area contributed by atoms with Crippen molar-refractivity contribution < 1.29 is 14.4 Å². The summed E-state index contributed by atoms with van der Waals surface area (Å²) in [5.41, 5.74) is 0. The van der Waals surface area contributed by atoms with Crippen molar-refractivity contribution in [3.63, 3.8) is 0 Å². The fraction of sp³-hybridized carbons (Fsp3) is 0.750. The molecule has 3 amide bonds. The van der Waals surface area contributed by atoms with E-state index in [1.54, 1.807) is 0 Å². The van der Waals surface area contributed by atoms with Gasteiger partial charge in [-0.1, -0.05) is 6.92 Å². The molecule has 0 aliphatic carbocycles. The second kappa shape index (κ2) is 5.48. The second-order valence-electron chi connectivity index (χ2n) is 4.85. The van der Waals surface area contributed by atoms with E-state index in [9.17, 15) is 14.4 Å². The molecule has 2 unspecified atom stereocenters. The predicted molar refractivity (Wildman–Crippen MR) is 64.6 cm³/mol. The van der Waals surface area contributed by atoms with E-state index in [1.165, 1.54) is 4.90 Å². The van der Waals surface area contributed by atoms with Gasteiger partial charge in [0.2, 0.25) is 17.7 Å². The monoisotopic (exact) mass is 253 g/mol. The van der Waals surface area contributed by atoms with Crippen molar-refractivity contribution in [2.24, 2.45) is 0 Å². The first kappa shape index (κ1) is 13.0. The molecule has 6 nitrogen and oxygen atoms in total. The average Bonchev–Trinajstić information content (AvgIpc) is 2.60. The van der Waals surface area contributed by atoms with Gasteiger partial charge >= 0.3 is 0 Å². The van der Waals surface area contributed by atoms with Gasteiger partial charge in [0.05, 0.1) is 12.5 Å². The smallest absolute Gasteiger partial charge is 0.246 e. The number of nitrogens with zero attached hydrogens (tertiary/aromatic N) is 1. The number of hydrogen-bond donors (Lipinski definition) is 2. The second-order valence-corrected chi connectivity index (χ2v) is 4.85. The van der Waals surface area contributed by atoms with E-state index in [-0.39, 0.29) is 30.2 Å². The molecule has 6 heteroatoms. The molecule has 0 saturated carbocycles. The van der Waals surface area contributed by atoms with Gasteiger partial charge in [-0.15, -0.1) is 0 Å². The van der Waals surface area contributed by atoms with Gasteiger partial charge in [0.1, 0.15) is 0 Å². The number of carbonyl (C=O) groups excluding carboxylic acids is 3. The minimum Gasteiger partial charge on any atom is -0.355 e. The molecule has 0 aromatic heterocycles. The van der Waals surface area contributed by atoms with Crippen molar-refractivity contribution in [2.45, 2.75) is 44.7 Å². The highest BCUT2D eigenvalue weighted by molar-refractivity contribution is 6.05. The largest absolute Gasteiger partial charge is 0.355 e. The summed E-state index contributed by atoms with van der Waals surface area (Å²) in [4.78, 5) is 36.0. The summed E-state index contributed by atoms with van der Waals surface area (Å²) in [5, 5.41) is 5.94. The Hall–Kier alpha value is -1.43. The highest BCUT2D eigenvalue weighted by Crippen LogP contribution is 2.15. The SMILES string of the molecule is CCCN1C(=O)CC(NC2CCC(=O)NC2)C1=O. The van der Waals surface area contributed by atoms with Gasteiger partial charge in [0, 0.05) is 25.6 Å². The Balaban J connectivity index is 1.89. The number of rotatable bonds is 4. The summed E-state index contributed by atoms with van der Waals surface area (Å²) in [7, 11) is 0. The third-order valence-corrected chi connectivity index (χ3v) is 3.39. The number of carbonyl (C=O) groups is 3. The van der Waals surface area contributed by atoms with Crippen molar-refractivity contribution in [3.05, 3.63) is 0 Å². The molecule has 2 aliphatic rings. The predicted octanol–water partition coefficient (Wildman–Crippen LogP) is -0.608. The molecule has 0 aromatic carbocycles. The van der Waals surface area contributed by atoms with E-state index in [4.69, 9.17) is 0 Å². The van der Waals surface area contributed by atoms with Gasteiger partial charge in [0.15, 0.2) is 0 Å². The topological polar surface area (TPSA) is 78.5 Å². The zero-order valence-electron chi connectivity index (χ0n) is 10.6. The van der Waals surface area contributed by atoms with Crippen molar-refractivity contribution >= 4 is 17.7 Å². The van der Waals surface area contributed by atoms with Gasteiger partial charge in [-0.2, -0.15) is 0 Å². The molecular formula is C12H19N3O3. The van der Waals surface area contributed by atoms with Crippen LogP contribution < -0.4 is 10.6 Å². The Bertz CT molecular complexity index is 360. The minimum absolute atomic E-state index is 0.0504. The lowest BCUT2D eigenvalue weighted by Gasteiger charge is -2.25. The van der Waals surface area contributed by atoms with Crippen molar-refractivity contribution in [2.75, 3.05) is 13.1 Å². The van der Waals surface area contributed by atoms with Crippen LogP contribution in [0.5, 0.6) is 0 Å². The summed E-state index contributed by atoms with van der Waals surface area (Å²) < 4.78 is 0. The molecule has 0 bridgehead atoms. The average molecular weight is 253 g/mol. The summed E-state index contributed by atoms with van der Waals surface area (Å²) in [6.07, 6.45) is 2.22. The number of imide groups is 1. The number of piperidine rings is 1. The molecule has 2 atom stereocenters. The molecule has 0 aromatic rings. The maximum absolute atomic E-state index is 12.0. The summed E-state index contributed by atoms with van der Waals surface area (Å²) in [6.45, 7) is 2.97. The number of nitrogens with one attached hydrogen (secondary N) is 2. The molecule has 0 radical (unpaired) electrons. The number of likely N-dealkylation sites (tertiary alicyclic amines) is 1. The molecule has 2 heterocycles. The lowest BCUT2D eigenvalue weighted by atomic mass is 10.1. The van der Waals surface area contributed by atoms with E-state index in [0.29, 0.717) is 19.5 Å². The van der Waals surface area contributed by atoms with E-state index >= 15 is 0 Å². The third-order valence-electron chi connectivity index (χ3n) is 3.39. The van der Waals surface area contributed by atoms with Crippen LogP contribution in [0.1, 0.15) is 32.6 Å². The zero-order chi connectivity index (χ0) is 13.1. The van der Waals surface area contributed by atoms with Crippen LogP contribution >= 0.6 is 0 Å². The van der Waals surface area contributed by atoms with E-state index < -0.39 is 6.04 Å². The standard InChI is InChI=1S/C12H19N3O3/c1-2-5-15-11(17)6-9(12(15)18)14-8-3-4-10(16)13-7-8/h8-9,14H,2-7H2,1H3,(H,13,16). The van der Waals surface area contributed by atoms with Crippen LogP contribution in [0.15, 0.2) is 0 Å². The van der Waals surface area contributed by atoms with Gasteiger partial charge < -0.3 is 10.6 Å². The molecule has 2 saturated heterocycles. The molecule has 0 spiro atoms. The first-order valence-electron chi connectivity index (χ1n) is 6.48. The number of hydrogen-bond acceptors (Lipinski definition) is 4. The summed E-state index contributed by atoms with van der Waals surface area (Å²) >= 11 is 0. The highest BCUT2D eigenvalue weighted by Gasteiger charge is 2.39. The summed E-state index contributed by atoms with van der Waals surface area (Å²) in [5.74, 6) is -0.174. The fourth-order valence-electron chi connectivity index (χ4n) is 2.43. The molecule has 2 rings (SSSR count). The molecule has 2 N–H and O–H groups in total. The van der Waals surface area contributed by atoms with E-state index in [0.717, 1.165) is 12.8 Å². The quantitative estimate of drug-likeness (QED) is 0.655. The Morgan fingerprint density at radius 1 is 1.39 bits per heavy atom. The molecule has 2 aliphatic heterocycles. The van der Waals surface area contributed by atoms with Gasteiger partial charge in [-0.25, -0.2) is 0 Å². The van der Waals surface area contributed by atoms with Crippen molar-refractivity contribution in [3.8, 4) is 0 Å². The van der Waals surface area contributed by atoms with Crippen LogP contribution in [-0.2, 0) is 14.4 Å². The normalized spacial score (nSPS) is 28.7. The van der Waals surface area contributed by atoms with Crippen LogP contribution in [0.25, 0.3) is 0 Å². The molecule has 2 fully saturated rings. The Morgan fingerprint density at radius 3 is 2.78 bits per heavy atom. The Labute approximate surface area is 106 Å². The van der Waals surface area contributed by atoms with Crippen LogP contribution in [0.4, 0.5) is 0 Å². The Morgan fingerprint density at radius 2 is 2.17 bits per heavy atom. The number of amides is 3. The van der Waals surface area contributed by atoms with Crippen molar-refractivity contribution in [1.29, 1.82) is 0 Å². The third kappa shape index (κ3) is 2.69. The summed E-state index contributed by atoms with van der Waals surface area (Å²) in [6, 6.07) is -0.324. The van der Waals surface area contributed by atoms with E-state index in [1.807, 2.05) is 6.92 Å². The Kier molecular flexibility index (Phi) is 3.96. The van der Waals surface area contributed by atoms with Crippen LogP contribution in [-0.4, -0.2) is 47.8 Å².